The fraction of sp³-hybridized carbons (Fsp3) is 0.714. The zero-order valence-corrected chi connectivity index (χ0v) is 14.7. The van der Waals surface area contributed by atoms with Gasteiger partial charge in [0.1, 0.15) is 0 Å². The molecule has 1 aromatic carbocycles. The van der Waals surface area contributed by atoms with Crippen molar-refractivity contribution < 1.29 is 0 Å². The number of hydrogen-bond acceptors (Lipinski definition) is 0. The molecule has 0 aliphatic heterocycles. The number of benzene rings is 1. The van der Waals surface area contributed by atoms with E-state index in [-0.39, 0.29) is 0 Å². The van der Waals surface area contributed by atoms with Crippen LogP contribution in [0.2, 0.25) is 0 Å². The minimum atomic E-state index is 0.533. The zero-order chi connectivity index (χ0) is 15.4. The summed E-state index contributed by atoms with van der Waals surface area (Å²) in [7, 11) is 0. The van der Waals surface area contributed by atoms with Crippen LogP contribution in [0.1, 0.15) is 90.5 Å². The fourth-order valence-electron chi connectivity index (χ4n) is 3.43. The number of rotatable bonds is 12. The Kier molecular flexibility index (Phi) is 9.46. The molecule has 0 spiro atoms. The van der Waals surface area contributed by atoms with Gasteiger partial charge in [-0.1, -0.05) is 109 Å². The van der Waals surface area contributed by atoms with Crippen molar-refractivity contribution in [1.29, 1.82) is 0 Å². The molecule has 1 aromatic rings. The summed E-state index contributed by atoms with van der Waals surface area (Å²) in [4.78, 5) is 0. The Bertz CT molecular complexity index is 334. The Labute approximate surface area is 133 Å². The third-order valence-electron chi connectivity index (χ3n) is 5.23. The summed E-state index contributed by atoms with van der Waals surface area (Å²) in [6.07, 6.45) is 15.2. The third kappa shape index (κ3) is 7.16. The molecule has 0 saturated carbocycles. The van der Waals surface area contributed by atoms with Crippen LogP contribution in [0.25, 0.3) is 0 Å². The van der Waals surface area contributed by atoms with Crippen molar-refractivity contribution in [2.45, 2.75) is 91.4 Å². The molecule has 0 saturated heterocycles. The summed E-state index contributed by atoms with van der Waals surface area (Å²) in [6, 6.07) is 11.1. The van der Waals surface area contributed by atoms with E-state index in [1.54, 1.807) is 0 Å². The van der Waals surface area contributed by atoms with E-state index in [1.165, 1.54) is 76.2 Å². The second-order valence-electron chi connectivity index (χ2n) is 6.74. The van der Waals surface area contributed by atoms with Crippen LogP contribution in [0.3, 0.4) is 0 Å². The first-order chi connectivity index (χ1) is 10.3. The molecule has 0 fully saturated rings. The zero-order valence-electron chi connectivity index (χ0n) is 14.7. The van der Waals surface area contributed by atoms with Gasteiger partial charge in [-0.2, -0.15) is 0 Å². The second kappa shape index (κ2) is 10.9. The highest BCUT2D eigenvalue weighted by atomic mass is 14.3. The maximum atomic E-state index is 2.38. The van der Waals surface area contributed by atoms with Crippen molar-refractivity contribution in [3.8, 4) is 0 Å². The molecule has 0 N–H and O–H groups in total. The molecule has 0 aliphatic carbocycles. The summed E-state index contributed by atoms with van der Waals surface area (Å²) in [5, 5.41) is 0. The van der Waals surface area contributed by atoms with Gasteiger partial charge in [0.25, 0.3) is 0 Å². The molecular weight excluding hydrogens is 252 g/mol. The lowest BCUT2D eigenvalue weighted by Crippen LogP contribution is -2.22. The molecule has 1 rings (SSSR count). The second-order valence-corrected chi connectivity index (χ2v) is 6.74. The predicted molar refractivity (Wildman–Crippen MR) is 95.8 cm³/mol. The number of hydrogen-bond donors (Lipinski definition) is 0. The Hall–Kier alpha value is -0.780. The van der Waals surface area contributed by atoms with Crippen molar-refractivity contribution in [1.82, 2.24) is 0 Å². The van der Waals surface area contributed by atoms with E-state index in [4.69, 9.17) is 0 Å². The topological polar surface area (TPSA) is 0 Å². The molecule has 0 atom stereocenters. The van der Waals surface area contributed by atoms with Crippen molar-refractivity contribution in [2.24, 2.45) is 5.41 Å². The lowest BCUT2D eigenvalue weighted by molar-refractivity contribution is 0.227. The minimum absolute atomic E-state index is 0.533. The molecule has 0 radical (unpaired) electrons. The van der Waals surface area contributed by atoms with Gasteiger partial charge in [0, 0.05) is 0 Å². The quantitative estimate of drug-likeness (QED) is 0.357. The average molecular weight is 289 g/mol. The maximum absolute atomic E-state index is 2.38. The van der Waals surface area contributed by atoms with Gasteiger partial charge in [-0.25, -0.2) is 0 Å². The lowest BCUT2D eigenvalue weighted by Gasteiger charge is -2.32. The molecule has 0 heterocycles. The van der Waals surface area contributed by atoms with Gasteiger partial charge in [-0.3, -0.25) is 0 Å². The average Bonchev–Trinajstić information content (AvgIpc) is 2.54. The van der Waals surface area contributed by atoms with Crippen LogP contribution >= 0.6 is 0 Å². The van der Waals surface area contributed by atoms with E-state index in [0.29, 0.717) is 5.41 Å². The van der Waals surface area contributed by atoms with Crippen molar-refractivity contribution in [3.05, 3.63) is 35.9 Å². The van der Waals surface area contributed by atoms with Crippen LogP contribution in [0.5, 0.6) is 0 Å². The lowest BCUT2D eigenvalue weighted by atomic mass is 9.73. The van der Waals surface area contributed by atoms with Crippen LogP contribution in [-0.4, -0.2) is 0 Å². The molecule has 21 heavy (non-hydrogen) atoms. The summed E-state index contributed by atoms with van der Waals surface area (Å²) >= 11 is 0. The van der Waals surface area contributed by atoms with Gasteiger partial charge in [0.15, 0.2) is 0 Å². The Balaban J connectivity index is 2.35. The van der Waals surface area contributed by atoms with E-state index in [0.717, 1.165) is 0 Å². The van der Waals surface area contributed by atoms with Crippen LogP contribution in [0, 0.1) is 5.41 Å². The first-order valence-corrected chi connectivity index (χ1v) is 9.30. The first kappa shape index (κ1) is 18.3. The monoisotopic (exact) mass is 288 g/mol. The molecule has 0 nitrogen and oxygen atoms in total. The molecule has 120 valence electrons. The van der Waals surface area contributed by atoms with E-state index >= 15 is 0 Å². The Morgan fingerprint density at radius 1 is 0.714 bits per heavy atom. The maximum Gasteiger partial charge on any atom is -0.0222 e. The van der Waals surface area contributed by atoms with E-state index in [2.05, 4.69) is 51.1 Å². The summed E-state index contributed by atoms with van der Waals surface area (Å²) < 4.78 is 0. The molecule has 0 heteroatoms. The van der Waals surface area contributed by atoms with E-state index < -0.39 is 0 Å². The molecular formula is C21H36. The van der Waals surface area contributed by atoms with Gasteiger partial charge in [-0.15, -0.1) is 0 Å². The molecule has 0 amide bonds. The van der Waals surface area contributed by atoms with Crippen molar-refractivity contribution in [2.75, 3.05) is 0 Å². The van der Waals surface area contributed by atoms with E-state index in [1.807, 2.05) is 0 Å². The van der Waals surface area contributed by atoms with Crippen molar-refractivity contribution in [3.63, 3.8) is 0 Å². The summed E-state index contributed by atoms with van der Waals surface area (Å²) in [5.41, 5.74) is 2.05. The van der Waals surface area contributed by atoms with Crippen LogP contribution in [-0.2, 0) is 6.42 Å². The van der Waals surface area contributed by atoms with Crippen molar-refractivity contribution >= 4 is 0 Å². The Morgan fingerprint density at radius 3 is 1.86 bits per heavy atom. The van der Waals surface area contributed by atoms with Gasteiger partial charge in [0.05, 0.1) is 0 Å². The standard InChI is InChI=1S/C21H36/c1-4-7-8-9-10-11-15-18-21(5-2,6-3)19-20-16-13-12-14-17-20/h12-14,16-17H,4-11,15,18-19H2,1-3H3. The number of unbranched alkanes of at least 4 members (excludes halogenated alkanes) is 6. The van der Waals surface area contributed by atoms with Crippen LogP contribution < -0.4 is 0 Å². The largest absolute Gasteiger partial charge is 0.0654 e. The summed E-state index contributed by atoms with van der Waals surface area (Å²) in [5.74, 6) is 0. The van der Waals surface area contributed by atoms with Gasteiger partial charge in [-0.05, 0) is 23.8 Å². The molecule has 0 unspecified atom stereocenters. The SMILES string of the molecule is CCCCCCCCCC(CC)(CC)Cc1ccccc1. The first-order valence-electron chi connectivity index (χ1n) is 9.30. The fourth-order valence-corrected chi connectivity index (χ4v) is 3.43. The summed E-state index contributed by atoms with van der Waals surface area (Å²) in [6.45, 7) is 7.06. The third-order valence-corrected chi connectivity index (χ3v) is 5.23. The van der Waals surface area contributed by atoms with Crippen LogP contribution in [0.15, 0.2) is 30.3 Å². The molecule has 0 aliphatic rings. The van der Waals surface area contributed by atoms with E-state index in [9.17, 15) is 0 Å². The molecule has 0 bridgehead atoms. The normalized spacial score (nSPS) is 11.8. The van der Waals surface area contributed by atoms with Gasteiger partial charge < -0.3 is 0 Å². The smallest absolute Gasteiger partial charge is 0.0222 e. The van der Waals surface area contributed by atoms with Gasteiger partial charge in [0.2, 0.25) is 0 Å². The van der Waals surface area contributed by atoms with Crippen LogP contribution in [0.4, 0.5) is 0 Å². The van der Waals surface area contributed by atoms with Gasteiger partial charge >= 0.3 is 0 Å². The highest BCUT2D eigenvalue weighted by Crippen LogP contribution is 2.36. The highest BCUT2D eigenvalue weighted by molar-refractivity contribution is 5.16. The Morgan fingerprint density at radius 2 is 1.29 bits per heavy atom. The predicted octanol–water partition coefficient (Wildman–Crippen LogP) is 7.18. The minimum Gasteiger partial charge on any atom is -0.0654 e. The molecule has 0 aromatic heterocycles. The highest BCUT2D eigenvalue weighted by Gasteiger charge is 2.25.